The summed E-state index contributed by atoms with van der Waals surface area (Å²) in [6.45, 7) is 4.78. The van der Waals surface area contributed by atoms with Crippen molar-refractivity contribution in [2.75, 3.05) is 40.9 Å². The highest BCUT2D eigenvalue weighted by molar-refractivity contribution is 7.47. The van der Waals surface area contributed by atoms with Gasteiger partial charge in [-0.05, 0) is 57.8 Å². The molecular weight excluding hydrogens is 756 g/mol. The van der Waals surface area contributed by atoms with Crippen molar-refractivity contribution < 1.29 is 32.9 Å². The van der Waals surface area contributed by atoms with Crippen molar-refractivity contribution in [2.45, 2.75) is 238 Å². The SMILES string of the molecule is CCCCCCCC/C=C/CC/C=C/C(O)C(COP(=O)(O)OCC[N+](C)(C)C)NC(=O)CCCCCCCCCCC/C=C\CCCCCCCCCCCCCC. The van der Waals surface area contributed by atoms with Crippen LogP contribution in [0.1, 0.15) is 226 Å². The summed E-state index contributed by atoms with van der Waals surface area (Å²) in [7, 11) is 1.55. The second kappa shape index (κ2) is 42.0. The standard InChI is InChI=1S/C50H97N2O6P/c1-6-8-10-12-14-16-18-20-21-22-23-24-25-26-27-28-29-30-31-32-34-36-38-40-42-44-50(54)51-48(47-58-59(55,56)57-46-45-52(3,4)5)49(53)43-41-39-37-35-33-19-17-15-13-11-9-7-2/h26-27,33,35,41,43,48-49,53H,6-25,28-32,34,36-40,42,44-47H2,1-5H3,(H-,51,54,55,56)/p+1/b27-26-,35-33+,43-41+. The number of rotatable bonds is 45. The summed E-state index contributed by atoms with van der Waals surface area (Å²) in [6.07, 6.45) is 52.4. The highest BCUT2D eigenvalue weighted by atomic mass is 31.2. The Bertz CT molecular complexity index is 1060. The highest BCUT2D eigenvalue weighted by Gasteiger charge is 2.27. The molecule has 0 bridgehead atoms. The Hall–Kier alpha value is -1.28. The van der Waals surface area contributed by atoms with E-state index in [1.54, 1.807) is 6.08 Å². The largest absolute Gasteiger partial charge is 0.472 e. The molecule has 0 rings (SSSR count). The van der Waals surface area contributed by atoms with Gasteiger partial charge in [-0.2, -0.15) is 0 Å². The van der Waals surface area contributed by atoms with Crippen LogP contribution in [0.2, 0.25) is 0 Å². The van der Waals surface area contributed by atoms with E-state index in [0.29, 0.717) is 17.4 Å². The number of hydrogen-bond donors (Lipinski definition) is 3. The third-order valence-electron chi connectivity index (χ3n) is 11.1. The lowest BCUT2D eigenvalue weighted by atomic mass is 10.0. The number of allylic oxidation sites excluding steroid dienone is 5. The lowest BCUT2D eigenvalue weighted by Crippen LogP contribution is -2.45. The topological polar surface area (TPSA) is 105 Å². The van der Waals surface area contributed by atoms with Crippen LogP contribution in [-0.2, 0) is 18.4 Å². The Morgan fingerprint density at radius 2 is 0.932 bits per heavy atom. The fraction of sp³-hybridized carbons (Fsp3) is 0.860. The van der Waals surface area contributed by atoms with Crippen molar-refractivity contribution in [1.82, 2.24) is 5.32 Å². The molecule has 0 spiro atoms. The van der Waals surface area contributed by atoms with Gasteiger partial charge in [0.25, 0.3) is 0 Å². The molecule has 0 aliphatic heterocycles. The van der Waals surface area contributed by atoms with Crippen molar-refractivity contribution >= 4 is 13.7 Å². The predicted octanol–water partition coefficient (Wildman–Crippen LogP) is 14.3. The molecule has 0 saturated carbocycles. The summed E-state index contributed by atoms with van der Waals surface area (Å²) in [5.41, 5.74) is 0. The van der Waals surface area contributed by atoms with Crippen LogP contribution in [-0.4, -0.2) is 73.4 Å². The number of aliphatic hydroxyl groups is 1. The summed E-state index contributed by atoms with van der Waals surface area (Å²) < 4.78 is 23.6. The molecule has 3 unspecified atom stereocenters. The first kappa shape index (κ1) is 57.7. The molecule has 0 aliphatic carbocycles. The minimum absolute atomic E-state index is 0.0559. The van der Waals surface area contributed by atoms with Gasteiger partial charge < -0.3 is 19.8 Å². The second-order valence-corrected chi connectivity index (χ2v) is 19.6. The number of carbonyl (C=O) groups is 1. The van der Waals surface area contributed by atoms with Crippen molar-refractivity contribution in [3.8, 4) is 0 Å². The van der Waals surface area contributed by atoms with E-state index in [-0.39, 0.29) is 19.1 Å². The van der Waals surface area contributed by atoms with Crippen LogP contribution >= 0.6 is 7.82 Å². The minimum Gasteiger partial charge on any atom is -0.387 e. The number of likely N-dealkylation sites (N-methyl/N-ethyl adjacent to an activating group) is 1. The van der Waals surface area contributed by atoms with E-state index in [2.05, 4.69) is 43.5 Å². The summed E-state index contributed by atoms with van der Waals surface area (Å²) in [5, 5.41) is 13.8. The number of aliphatic hydroxyl groups excluding tert-OH is 1. The first-order chi connectivity index (χ1) is 28.5. The predicted molar refractivity (Wildman–Crippen MR) is 254 cm³/mol. The second-order valence-electron chi connectivity index (χ2n) is 18.2. The third kappa shape index (κ3) is 44.6. The number of phosphoric ester groups is 1. The van der Waals surface area contributed by atoms with Crippen LogP contribution in [0.25, 0.3) is 0 Å². The molecular formula is C50H98N2O6P+. The minimum atomic E-state index is -4.34. The molecule has 0 saturated heterocycles. The fourth-order valence-corrected chi connectivity index (χ4v) is 7.85. The van der Waals surface area contributed by atoms with Crippen LogP contribution in [0.4, 0.5) is 0 Å². The van der Waals surface area contributed by atoms with Gasteiger partial charge >= 0.3 is 7.82 Å². The maximum atomic E-state index is 12.9. The van der Waals surface area contributed by atoms with Gasteiger partial charge in [-0.1, -0.05) is 198 Å². The van der Waals surface area contributed by atoms with Gasteiger partial charge in [0.05, 0.1) is 39.9 Å². The van der Waals surface area contributed by atoms with Gasteiger partial charge in [-0.25, -0.2) is 4.57 Å². The van der Waals surface area contributed by atoms with Gasteiger partial charge in [0, 0.05) is 6.42 Å². The first-order valence-electron chi connectivity index (χ1n) is 24.9. The molecule has 9 heteroatoms. The first-order valence-corrected chi connectivity index (χ1v) is 26.4. The molecule has 0 aliphatic rings. The summed E-state index contributed by atoms with van der Waals surface area (Å²) in [5.74, 6) is -0.189. The number of unbranched alkanes of at least 4 members (excludes halogenated alkanes) is 28. The Morgan fingerprint density at radius 3 is 1.36 bits per heavy atom. The lowest BCUT2D eigenvalue weighted by molar-refractivity contribution is -0.870. The molecule has 0 aromatic carbocycles. The smallest absolute Gasteiger partial charge is 0.387 e. The molecule has 0 aromatic heterocycles. The van der Waals surface area contributed by atoms with E-state index in [1.807, 2.05) is 27.2 Å². The Labute approximate surface area is 366 Å². The van der Waals surface area contributed by atoms with Crippen molar-refractivity contribution in [3.63, 3.8) is 0 Å². The van der Waals surface area contributed by atoms with Crippen molar-refractivity contribution in [2.24, 2.45) is 0 Å². The molecule has 0 heterocycles. The number of nitrogens with zero attached hydrogens (tertiary/aromatic N) is 1. The van der Waals surface area contributed by atoms with Crippen LogP contribution in [0.3, 0.4) is 0 Å². The van der Waals surface area contributed by atoms with Crippen LogP contribution in [0, 0.1) is 0 Å². The molecule has 3 N–H and O–H groups in total. The van der Waals surface area contributed by atoms with Gasteiger partial charge in [-0.15, -0.1) is 0 Å². The van der Waals surface area contributed by atoms with Gasteiger partial charge in [0.1, 0.15) is 13.2 Å². The highest BCUT2D eigenvalue weighted by Crippen LogP contribution is 2.43. The molecule has 1 amide bonds. The normalized spacial score (nSPS) is 14.5. The Kier molecular flexibility index (Phi) is 41.1. The Morgan fingerprint density at radius 1 is 0.559 bits per heavy atom. The van der Waals surface area contributed by atoms with Crippen LogP contribution in [0.5, 0.6) is 0 Å². The van der Waals surface area contributed by atoms with Crippen molar-refractivity contribution in [3.05, 3.63) is 36.5 Å². The average Bonchev–Trinajstić information content (AvgIpc) is 3.19. The number of carbonyl (C=O) groups excluding carboxylic acids is 1. The van der Waals surface area contributed by atoms with Gasteiger partial charge in [-0.3, -0.25) is 13.8 Å². The molecule has 0 aromatic rings. The molecule has 3 atom stereocenters. The lowest BCUT2D eigenvalue weighted by Gasteiger charge is -2.25. The van der Waals surface area contributed by atoms with E-state index < -0.39 is 20.0 Å². The number of nitrogens with one attached hydrogen (secondary N) is 1. The zero-order chi connectivity index (χ0) is 43.6. The van der Waals surface area contributed by atoms with E-state index in [1.165, 1.54) is 167 Å². The molecule has 8 nitrogen and oxygen atoms in total. The van der Waals surface area contributed by atoms with E-state index >= 15 is 0 Å². The monoisotopic (exact) mass is 854 g/mol. The number of quaternary nitrogens is 1. The zero-order valence-electron chi connectivity index (χ0n) is 39.5. The van der Waals surface area contributed by atoms with Crippen LogP contribution in [0.15, 0.2) is 36.5 Å². The van der Waals surface area contributed by atoms with E-state index in [9.17, 15) is 19.4 Å². The maximum Gasteiger partial charge on any atom is 0.472 e. The van der Waals surface area contributed by atoms with Crippen LogP contribution < -0.4 is 5.32 Å². The number of phosphoric acid groups is 1. The summed E-state index contributed by atoms with van der Waals surface area (Å²) in [4.78, 5) is 23.1. The van der Waals surface area contributed by atoms with Crippen molar-refractivity contribution in [1.29, 1.82) is 0 Å². The molecule has 59 heavy (non-hydrogen) atoms. The number of amides is 1. The third-order valence-corrected chi connectivity index (χ3v) is 12.1. The zero-order valence-corrected chi connectivity index (χ0v) is 40.4. The van der Waals surface area contributed by atoms with Gasteiger partial charge in [0.15, 0.2) is 0 Å². The van der Waals surface area contributed by atoms with Gasteiger partial charge in [0.2, 0.25) is 5.91 Å². The average molecular weight is 854 g/mol. The Balaban J connectivity index is 4.22. The summed E-state index contributed by atoms with van der Waals surface area (Å²) >= 11 is 0. The van der Waals surface area contributed by atoms with E-state index in [0.717, 1.165) is 38.5 Å². The molecule has 0 radical (unpaired) electrons. The van der Waals surface area contributed by atoms with E-state index in [4.69, 9.17) is 9.05 Å². The number of hydrogen-bond acceptors (Lipinski definition) is 5. The molecule has 0 fully saturated rings. The fourth-order valence-electron chi connectivity index (χ4n) is 7.11. The summed E-state index contributed by atoms with van der Waals surface area (Å²) in [6, 6.07) is -0.862. The maximum absolute atomic E-state index is 12.9. The molecule has 348 valence electrons. The quantitative estimate of drug-likeness (QED) is 0.0244.